The monoisotopic (exact) mass is 270 g/mol. The molecule has 1 saturated carbocycles. The third kappa shape index (κ3) is 3.03. The zero-order chi connectivity index (χ0) is 13.9. The second-order valence-corrected chi connectivity index (χ2v) is 4.71. The average molecular weight is 270 g/mol. The summed E-state index contributed by atoms with van der Waals surface area (Å²) in [4.78, 5) is 11.7. The van der Waals surface area contributed by atoms with Gasteiger partial charge in [0.1, 0.15) is 0 Å². The first-order valence-electron chi connectivity index (χ1n) is 6.39. The summed E-state index contributed by atoms with van der Waals surface area (Å²) in [6, 6.07) is 7.39. The molecule has 3 rings (SSSR count). The largest absolute Gasteiger partial charge is 0.408 e. The van der Waals surface area contributed by atoms with E-state index in [1.54, 1.807) is 18.2 Å². The molecule has 0 atom stereocenters. The Kier molecular flexibility index (Phi) is 3.20. The number of nitrogen functional groups attached to an aromatic ring is 1. The van der Waals surface area contributed by atoms with Crippen molar-refractivity contribution in [3.8, 4) is 0 Å². The maximum atomic E-state index is 11.7. The molecule has 1 amide bonds. The molecule has 1 aliphatic rings. The summed E-state index contributed by atoms with van der Waals surface area (Å²) in [6.07, 6.45) is 5.22. The van der Waals surface area contributed by atoms with Gasteiger partial charge in [-0.15, -0.1) is 5.10 Å². The van der Waals surface area contributed by atoms with Crippen LogP contribution in [0.3, 0.4) is 0 Å². The van der Waals surface area contributed by atoms with Crippen molar-refractivity contribution < 1.29 is 9.21 Å². The quantitative estimate of drug-likeness (QED) is 0.656. The number of rotatable bonds is 4. The molecule has 0 aliphatic heterocycles. The second-order valence-electron chi connectivity index (χ2n) is 4.71. The highest BCUT2D eigenvalue weighted by Crippen LogP contribution is 2.39. The average Bonchev–Trinajstić information content (AvgIpc) is 3.18. The molecule has 6 heteroatoms. The third-order valence-electron chi connectivity index (χ3n) is 2.94. The molecule has 2 aromatic rings. The van der Waals surface area contributed by atoms with E-state index in [-0.39, 0.29) is 11.9 Å². The summed E-state index contributed by atoms with van der Waals surface area (Å²) < 4.78 is 5.34. The normalized spacial score (nSPS) is 14.6. The number of anilines is 2. The van der Waals surface area contributed by atoms with Crippen LogP contribution in [-0.2, 0) is 4.79 Å². The Hall–Kier alpha value is -2.63. The number of hydrogen-bond donors (Lipinski definition) is 2. The van der Waals surface area contributed by atoms with Crippen LogP contribution in [0, 0.1) is 0 Å². The van der Waals surface area contributed by atoms with E-state index in [1.807, 2.05) is 12.1 Å². The Balaban J connectivity index is 1.61. The van der Waals surface area contributed by atoms with E-state index in [1.165, 1.54) is 6.08 Å². The number of nitrogens with zero attached hydrogens (tertiary/aromatic N) is 2. The van der Waals surface area contributed by atoms with Crippen molar-refractivity contribution in [2.24, 2.45) is 0 Å². The fourth-order valence-electron chi connectivity index (χ4n) is 1.76. The molecule has 1 aromatic carbocycles. The number of nitrogens with two attached hydrogens (primary N) is 1. The SMILES string of the molecule is Nc1cccc(/C=C/C(=O)Nc2nnc(C3CC3)o2)c1. The van der Waals surface area contributed by atoms with Crippen LogP contribution in [0.4, 0.5) is 11.7 Å². The first kappa shape index (κ1) is 12.4. The van der Waals surface area contributed by atoms with Crippen LogP contribution in [0.25, 0.3) is 6.08 Å². The highest BCUT2D eigenvalue weighted by molar-refractivity contribution is 6.00. The lowest BCUT2D eigenvalue weighted by molar-refractivity contribution is -0.112. The number of benzene rings is 1. The van der Waals surface area contributed by atoms with Gasteiger partial charge in [0.15, 0.2) is 0 Å². The fraction of sp³-hybridized carbons (Fsp3) is 0.214. The van der Waals surface area contributed by atoms with Crippen LogP contribution in [0.5, 0.6) is 0 Å². The van der Waals surface area contributed by atoms with Crippen LogP contribution in [0.1, 0.15) is 30.2 Å². The Labute approximate surface area is 115 Å². The van der Waals surface area contributed by atoms with Gasteiger partial charge in [0.05, 0.1) is 0 Å². The Morgan fingerprint density at radius 3 is 3.00 bits per heavy atom. The van der Waals surface area contributed by atoms with Crippen LogP contribution in [-0.4, -0.2) is 16.1 Å². The second kappa shape index (κ2) is 5.16. The van der Waals surface area contributed by atoms with Gasteiger partial charge in [0, 0.05) is 17.7 Å². The standard InChI is InChI=1S/C14H14N4O2/c15-11-3-1-2-9(8-11)4-7-12(19)16-14-18-17-13(20-14)10-5-6-10/h1-4,7-8,10H,5-6,15H2,(H,16,18,19)/b7-4+. The zero-order valence-electron chi connectivity index (χ0n) is 10.7. The molecule has 0 bridgehead atoms. The van der Waals surface area contributed by atoms with Gasteiger partial charge in [-0.2, -0.15) is 0 Å². The van der Waals surface area contributed by atoms with Crippen molar-refractivity contribution in [3.05, 3.63) is 41.8 Å². The predicted molar refractivity (Wildman–Crippen MR) is 74.8 cm³/mol. The molecule has 102 valence electrons. The van der Waals surface area contributed by atoms with Gasteiger partial charge in [-0.25, -0.2) is 0 Å². The number of aromatic nitrogens is 2. The van der Waals surface area contributed by atoms with E-state index in [0.717, 1.165) is 18.4 Å². The number of nitrogens with one attached hydrogen (secondary N) is 1. The summed E-state index contributed by atoms with van der Waals surface area (Å²) >= 11 is 0. The molecule has 0 radical (unpaired) electrons. The van der Waals surface area contributed by atoms with E-state index in [0.29, 0.717) is 17.5 Å². The van der Waals surface area contributed by atoms with Crippen LogP contribution < -0.4 is 11.1 Å². The lowest BCUT2D eigenvalue weighted by Gasteiger charge is -1.96. The van der Waals surface area contributed by atoms with Crippen molar-refractivity contribution in [1.82, 2.24) is 10.2 Å². The van der Waals surface area contributed by atoms with Crippen molar-refractivity contribution in [2.45, 2.75) is 18.8 Å². The zero-order valence-corrected chi connectivity index (χ0v) is 10.7. The maximum Gasteiger partial charge on any atom is 0.322 e. The van der Waals surface area contributed by atoms with Gasteiger partial charge in [0.25, 0.3) is 5.91 Å². The summed E-state index contributed by atoms with van der Waals surface area (Å²) in [5.74, 6) is 0.648. The minimum absolute atomic E-state index is 0.133. The summed E-state index contributed by atoms with van der Waals surface area (Å²) in [5.41, 5.74) is 7.16. The maximum absolute atomic E-state index is 11.7. The van der Waals surface area contributed by atoms with Gasteiger partial charge < -0.3 is 10.2 Å². The van der Waals surface area contributed by atoms with Crippen molar-refractivity contribution in [2.75, 3.05) is 11.1 Å². The van der Waals surface area contributed by atoms with Crippen LogP contribution in [0.2, 0.25) is 0 Å². The van der Waals surface area contributed by atoms with E-state index in [4.69, 9.17) is 10.2 Å². The Morgan fingerprint density at radius 2 is 2.25 bits per heavy atom. The molecule has 1 aliphatic carbocycles. The van der Waals surface area contributed by atoms with Crippen LogP contribution >= 0.6 is 0 Å². The fourth-order valence-corrected chi connectivity index (χ4v) is 1.76. The van der Waals surface area contributed by atoms with E-state index in [2.05, 4.69) is 15.5 Å². The predicted octanol–water partition coefficient (Wildman–Crippen LogP) is 2.18. The van der Waals surface area contributed by atoms with Gasteiger partial charge in [-0.1, -0.05) is 17.2 Å². The minimum atomic E-state index is -0.321. The summed E-state index contributed by atoms with van der Waals surface area (Å²) in [6.45, 7) is 0. The van der Waals surface area contributed by atoms with Crippen LogP contribution in [0.15, 0.2) is 34.8 Å². The molecule has 1 heterocycles. The Morgan fingerprint density at radius 1 is 1.40 bits per heavy atom. The Bertz CT molecular complexity index is 659. The molecule has 0 unspecified atom stereocenters. The molecular formula is C14H14N4O2. The molecule has 3 N–H and O–H groups in total. The number of amides is 1. The van der Waals surface area contributed by atoms with Gasteiger partial charge in [-0.3, -0.25) is 10.1 Å². The molecule has 20 heavy (non-hydrogen) atoms. The number of carbonyl (C=O) groups is 1. The first-order valence-corrected chi connectivity index (χ1v) is 6.39. The van der Waals surface area contributed by atoms with E-state index in [9.17, 15) is 4.79 Å². The molecule has 6 nitrogen and oxygen atoms in total. The lowest BCUT2D eigenvalue weighted by Crippen LogP contribution is -2.07. The highest BCUT2D eigenvalue weighted by Gasteiger charge is 2.29. The van der Waals surface area contributed by atoms with Gasteiger partial charge >= 0.3 is 6.01 Å². The summed E-state index contributed by atoms with van der Waals surface area (Å²) in [5, 5.41) is 10.2. The molecule has 1 aromatic heterocycles. The number of hydrogen-bond acceptors (Lipinski definition) is 5. The smallest absolute Gasteiger partial charge is 0.322 e. The minimum Gasteiger partial charge on any atom is -0.408 e. The summed E-state index contributed by atoms with van der Waals surface area (Å²) in [7, 11) is 0. The van der Waals surface area contributed by atoms with Crippen molar-refractivity contribution >= 4 is 23.7 Å². The molecular weight excluding hydrogens is 256 g/mol. The van der Waals surface area contributed by atoms with Gasteiger partial charge in [0.2, 0.25) is 5.89 Å². The third-order valence-corrected chi connectivity index (χ3v) is 2.94. The molecule has 0 spiro atoms. The van der Waals surface area contributed by atoms with Gasteiger partial charge in [-0.05, 0) is 36.6 Å². The number of carbonyl (C=O) groups excluding carboxylic acids is 1. The van der Waals surface area contributed by atoms with E-state index >= 15 is 0 Å². The van der Waals surface area contributed by atoms with Crippen molar-refractivity contribution in [1.29, 1.82) is 0 Å². The topological polar surface area (TPSA) is 94.0 Å². The van der Waals surface area contributed by atoms with E-state index < -0.39 is 0 Å². The molecule has 1 fully saturated rings. The molecule has 0 saturated heterocycles. The van der Waals surface area contributed by atoms with Crippen molar-refractivity contribution in [3.63, 3.8) is 0 Å². The highest BCUT2D eigenvalue weighted by atomic mass is 16.4. The lowest BCUT2D eigenvalue weighted by atomic mass is 10.2. The first-order chi connectivity index (χ1) is 9.70.